The Balaban J connectivity index is 0.00000208. The molecule has 2 nitrogen and oxygen atoms in total. The molecule has 1 heterocycles. The van der Waals surface area contributed by atoms with Crippen molar-refractivity contribution in [2.75, 3.05) is 5.32 Å². The van der Waals surface area contributed by atoms with Gasteiger partial charge in [-0.3, -0.25) is 0 Å². The van der Waals surface area contributed by atoms with Crippen LogP contribution in [0.3, 0.4) is 0 Å². The molecule has 24 heavy (non-hydrogen) atoms. The zero-order valence-electron chi connectivity index (χ0n) is 13.4. The third-order valence-electron chi connectivity index (χ3n) is 3.45. The van der Waals surface area contributed by atoms with E-state index in [4.69, 9.17) is 0 Å². The molecular formula is C21H18N2Y-2. The molecule has 2 aromatic carbocycles. The van der Waals surface area contributed by atoms with Crippen LogP contribution in [-0.4, -0.2) is 4.98 Å². The van der Waals surface area contributed by atoms with Gasteiger partial charge in [-0.1, -0.05) is 36.9 Å². The minimum absolute atomic E-state index is 0. The number of allylic oxidation sites excluding steroid dienone is 2. The topological polar surface area (TPSA) is 24.9 Å². The van der Waals surface area contributed by atoms with Crippen molar-refractivity contribution in [3.8, 4) is 0 Å². The third kappa shape index (κ3) is 6.03. The van der Waals surface area contributed by atoms with Gasteiger partial charge in [0.2, 0.25) is 0 Å². The maximum absolute atomic E-state index is 4.25. The Kier molecular flexibility index (Phi) is 7.87. The Morgan fingerprint density at radius 3 is 2.46 bits per heavy atom. The van der Waals surface area contributed by atoms with Crippen molar-refractivity contribution in [2.45, 2.75) is 12.8 Å². The van der Waals surface area contributed by atoms with Crippen LogP contribution in [0.25, 0.3) is 0 Å². The minimum Gasteiger partial charge on any atom is -0.393 e. The van der Waals surface area contributed by atoms with E-state index in [0.717, 1.165) is 24.3 Å². The summed E-state index contributed by atoms with van der Waals surface area (Å²) in [6.45, 7) is 0. The number of benzene rings is 2. The molecule has 0 bridgehead atoms. The molecule has 0 unspecified atom stereocenters. The van der Waals surface area contributed by atoms with Gasteiger partial charge in [0.25, 0.3) is 0 Å². The number of nitrogens with one attached hydrogen (secondary N) is 1. The van der Waals surface area contributed by atoms with Crippen molar-refractivity contribution in [1.29, 1.82) is 0 Å². The van der Waals surface area contributed by atoms with Crippen LogP contribution in [0.15, 0.2) is 79.0 Å². The standard InChI is InChI=1S/C21H18N2.Y/c1-2-9-18(10-3-1)11-4-5-12-19-13-8-14-20(17-19)23-21-15-6-7-16-22-21;/h1-2,4-5,7-10,13-17H,11-12H2,(H,22,23);/q-2;. The van der Waals surface area contributed by atoms with E-state index in [1.807, 2.05) is 30.3 Å². The van der Waals surface area contributed by atoms with E-state index in [2.05, 4.69) is 58.9 Å². The van der Waals surface area contributed by atoms with Crippen LogP contribution < -0.4 is 5.32 Å². The molecule has 0 aliphatic rings. The van der Waals surface area contributed by atoms with Crippen molar-refractivity contribution in [3.05, 3.63) is 102 Å². The monoisotopic (exact) mass is 387 g/mol. The number of hydrogen-bond acceptors (Lipinski definition) is 2. The van der Waals surface area contributed by atoms with Crippen LogP contribution >= 0.6 is 0 Å². The minimum atomic E-state index is 0. The second-order valence-corrected chi connectivity index (χ2v) is 5.26. The molecule has 0 fully saturated rings. The SMILES string of the molecule is [Y].[c-]1cccc(CC=CCc2cccc(Nc3c[c-]ccn3)c2)c1. The van der Waals surface area contributed by atoms with E-state index < -0.39 is 0 Å². The van der Waals surface area contributed by atoms with E-state index in [0.29, 0.717) is 0 Å². The summed E-state index contributed by atoms with van der Waals surface area (Å²) in [5, 5.41) is 3.29. The van der Waals surface area contributed by atoms with E-state index in [1.165, 1.54) is 11.1 Å². The van der Waals surface area contributed by atoms with Gasteiger partial charge in [-0.05, 0) is 24.1 Å². The first-order valence-corrected chi connectivity index (χ1v) is 7.68. The van der Waals surface area contributed by atoms with Gasteiger partial charge in [0.1, 0.15) is 0 Å². The Hall–Kier alpha value is -1.77. The Bertz CT molecular complexity index is 755. The van der Waals surface area contributed by atoms with Crippen LogP contribution in [0.5, 0.6) is 0 Å². The number of hydrogen-bond donors (Lipinski definition) is 1. The molecule has 117 valence electrons. The Labute approximate surface area is 168 Å². The molecule has 3 heteroatoms. The third-order valence-corrected chi connectivity index (χ3v) is 3.45. The summed E-state index contributed by atoms with van der Waals surface area (Å²) < 4.78 is 0. The van der Waals surface area contributed by atoms with Crippen molar-refractivity contribution < 1.29 is 32.7 Å². The van der Waals surface area contributed by atoms with Gasteiger partial charge in [-0.2, -0.15) is 48.0 Å². The van der Waals surface area contributed by atoms with Crippen LogP contribution in [0.2, 0.25) is 0 Å². The Morgan fingerprint density at radius 2 is 1.71 bits per heavy atom. The summed E-state index contributed by atoms with van der Waals surface area (Å²) in [7, 11) is 0. The van der Waals surface area contributed by atoms with Crippen molar-refractivity contribution >= 4 is 11.5 Å². The average molecular weight is 387 g/mol. The van der Waals surface area contributed by atoms with Gasteiger partial charge in [0, 0.05) is 44.2 Å². The van der Waals surface area contributed by atoms with Gasteiger partial charge in [0.05, 0.1) is 0 Å². The van der Waals surface area contributed by atoms with Crippen LogP contribution in [0.4, 0.5) is 11.5 Å². The molecule has 0 atom stereocenters. The Morgan fingerprint density at radius 1 is 0.917 bits per heavy atom. The second-order valence-electron chi connectivity index (χ2n) is 5.26. The first kappa shape index (κ1) is 18.6. The van der Waals surface area contributed by atoms with Gasteiger partial charge in [-0.15, -0.1) is 6.07 Å². The molecule has 3 aromatic rings. The van der Waals surface area contributed by atoms with Gasteiger partial charge >= 0.3 is 0 Å². The molecule has 1 radical (unpaired) electrons. The van der Waals surface area contributed by atoms with Crippen molar-refractivity contribution in [1.82, 2.24) is 4.98 Å². The van der Waals surface area contributed by atoms with Crippen molar-refractivity contribution in [2.24, 2.45) is 0 Å². The summed E-state index contributed by atoms with van der Waals surface area (Å²) in [5.41, 5.74) is 3.59. The zero-order valence-corrected chi connectivity index (χ0v) is 16.3. The number of rotatable bonds is 6. The van der Waals surface area contributed by atoms with Crippen LogP contribution in [0.1, 0.15) is 11.1 Å². The normalized spacial score (nSPS) is 10.3. The molecule has 0 saturated carbocycles. The summed E-state index contributed by atoms with van der Waals surface area (Å²) in [4.78, 5) is 4.25. The van der Waals surface area contributed by atoms with E-state index >= 15 is 0 Å². The summed E-state index contributed by atoms with van der Waals surface area (Å²) in [6, 6.07) is 26.2. The molecule has 1 N–H and O–H groups in total. The number of anilines is 2. The van der Waals surface area contributed by atoms with Crippen molar-refractivity contribution in [3.63, 3.8) is 0 Å². The molecule has 0 saturated heterocycles. The first-order chi connectivity index (χ1) is 11.4. The molecule has 0 spiro atoms. The van der Waals surface area contributed by atoms with E-state index in [1.54, 1.807) is 12.3 Å². The average Bonchev–Trinajstić information content (AvgIpc) is 2.61. The number of pyridine rings is 1. The summed E-state index contributed by atoms with van der Waals surface area (Å²) in [5.74, 6) is 0.806. The van der Waals surface area contributed by atoms with Crippen LogP contribution in [0, 0.1) is 12.1 Å². The largest absolute Gasteiger partial charge is 0.393 e. The zero-order chi connectivity index (χ0) is 15.7. The molecule has 3 rings (SSSR count). The predicted octanol–water partition coefficient (Wildman–Crippen LogP) is 4.76. The van der Waals surface area contributed by atoms with E-state index in [-0.39, 0.29) is 32.7 Å². The molecule has 0 amide bonds. The maximum atomic E-state index is 4.25. The first-order valence-electron chi connectivity index (χ1n) is 7.68. The second kappa shape index (κ2) is 10.2. The molecule has 1 aromatic heterocycles. The fourth-order valence-corrected chi connectivity index (χ4v) is 2.31. The summed E-state index contributed by atoms with van der Waals surface area (Å²) in [6.07, 6.45) is 8.01. The maximum Gasteiger partial charge on any atom is 0.0288 e. The van der Waals surface area contributed by atoms with Gasteiger partial charge in [0.15, 0.2) is 0 Å². The summed E-state index contributed by atoms with van der Waals surface area (Å²) >= 11 is 0. The quantitative estimate of drug-likeness (QED) is 0.487. The smallest absolute Gasteiger partial charge is 0.0288 e. The fourth-order valence-electron chi connectivity index (χ4n) is 2.31. The van der Waals surface area contributed by atoms with E-state index in [9.17, 15) is 0 Å². The molecule has 0 aliphatic heterocycles. The predicted molar refractivity (Wildman–Crippen MR) is 94.6 cm³/mol. The number of aromatic nitrogens is 1. The van der Waals surface area contributed by atoms with Gasteiger partial charge < -0.3 is 10.3 Å². The molecular weight excluding hydrogens is 369 g/mol. The molecule has 0 aliphatic carbocycles. The van der Waals surface area contributed by atoms with Crippen LogP contribution in [-0.2, 0) is 45.6 Å². The number of nitrogens with zero attached hydrogens (tertiary/aromatic N) is 1. The van der Waals surface area contributed by atoms with Gasteiger partial charge in [-0.25, -0.2) is 0 Å². The fraction of sp³-hybridized carbons (Fsp3) is 0.0952.